The standard InChI is InChI=1S/C6H10O3.H2O/c1-4(7)6(3,9)5(2)8;/h9H,1-3H3;1H2. The summed E-state index contributed by atoms with van der Waals surface area (Å²) in [4.78, 5) is 20.9. The zero-order chi connectivity index (χ0) is 7.65. The lowest BCUT2D eigenvalue weighted by atomic mass is 9.98. The fourth-order valence-corrected chi connectivity index (χ4v) is 0.248. The maximum Gasteiger partial charge on any atom is 0.177 e. The monoisotopic (exact) mass is 148 g/mol. The van der Waals surface area contributed by atoms with Gasteiger partial charge in [-0.25, -0.2) is 0 Å². The Morgan fingerprint density at radius 3 is 1.40 bits per heavy atom. The molecule has 0 aliphatic heterocycles. The van der Waals surface area contributed by atoms with Crippen LogP contribution < -0.4 is 0 Å². The van der Waals surface area contributed by atoms with Crippen LogP contribution in [0, 0.1) is 0 Å². The van der Waals surface area contributed by atoms with Crippen LogP contribution in [0.15, 0.2) is 0 Å². The first kappa shape index (κ1) is 12.0. The Balaban J connectivity index is 0. The Morgan fingerprint density at radius 1 is 1.20 bits per heavy atom. The number of carbonyl (C=O) groups is 2. The molecule has 0 heterocycles. The molecule has 0 unspecified atom stereocenters. The molecule has 0 rings (SSSR count). The fourth-order valence-electron chi connectivity index (χ4n) is 0.248. The minimum Gasteiger partial charge on any atom is -0.412 e. The van der Waals surface area contributed by atoms with Crippen LogP contribution in [-0.4, -0.2) is 27.8 Å². The summed E-state index contributed by atoms with van der Waals surface area (Å²) in [5.41, 5.74) is -1.78. The van der Waals surface area contributed by atoms with Crippen LogP contribution >= 0.6 is 0 Å². The van der Waals surface area contributed by atoms with E-state index in [1.165, 1.54) is 20.8 Å². The van der Waals surface area contributed by atoms with Gasteiger partial charge in [-0.05, 0) is 20.8 Å². The number of hydrogen-bond acceptors (Lipinski definition) is 3. The van der Waals surface area contributed by atoms with Crippen molar-refractivity contribution in [2.75, 3.05) is 0 Å². The van der Waals surface area contributed by atoms with Crippen LogP contribution in [0.3, 0.4) is 0 Å². The van der Waals surface area contributed by atoms with E-state index in [1.807, 2.05) is 0 Å². The fraction of sp³-hybridized carbons (Fsp3) is 0.667. The molecule has 0 saturated heterocycles. The third-order valence-electron chi connectivity index (χ3n) is 1.37. The first-order valence-corrected chi connectivity index (χ1v) is 2.63. The molecule has 3 N–H and O–H groups in total. The summed E-state index contributed by atoms with van der Waals surface area (Å²) >= 11 is 0. The van der Waals surface area contributed by atoms with E-state index in [0.717, 1.165) is 0 Å². The van der Waals surface area contributed by atoms with Crippen LogP contribution in [-0.2, 0) is 9.59 Å². The Kier molecular flexibility index (Phi) is 4.12. The van der Waals surface area contributed by atoms with Gasteiger partial charge in [-0.15, -0.1) is 0 Å². The molecule has 0 radical (unpaired) electrons. The summed E-state index contributed by atoms with van der Waals surface area (Å²) in [6.07, 6.45) is 0. The van der Waals surface area contributed by atoms with Crippen molar-refractivity contribution < 1.29 is 20.2 Å². The van der Waals surface area contributed by atoms with Gasteiger partial charge in [0.15, 0.2) is 17.2 Å². The lowest BCUT2D eigenvalue weighted by Crippen LogP contribution is -2.40. The lowest BCUT2D eigenvalue weighted by molar-refractivity contribution is -0.146. The van der Waals surface area contributed by atoms with E-state index >= 15 is 0 Å². The van der Waals surface area contributed by atoms with Gasteiger partial charge in [0.1, 0.15) is 0 Å². The van der Waals surface area contributed by atoms with Crippen LogP contribution in [0.25, 0.3) is 0 Å². The Bertz CT molecular complexity index is 132. The number of ketones is 2. The van der Waals surface area contributed by atoms with Gasteiger partial charge in [0.25, 0.3) is 0 Å². The largest absolute Gasteiger partial charge is 0.412 e. The molecule has 0 aliphatic carbocycles. The summed E-state index contributed by atoms with van der Waals surface area (Å²) in [5.74, 6) is -1.04. The highest BCUT2D eigenvalue weighted by molar-refractivity contribution is 6.07. The average molecular weight is 148 g/mol. The van der Waals surface area contributed by atoms with E-state index in [0.29, 0.717) is 0 Å². The van der Waals surface area contributed by atoms with Gasteiger partial charge in [0, 0.05) is 0 Å². The number of Topliss-reactive ketones (excluding diaryl/α,β-unsaturated/α-hetero) is 2. The molecule has 60 valence electrons. The van der Waals surface area contributed by atoms with E-state index in [4.69, 9.17) is 5.11 Å². The van der Waals surface area contributed by atoms with Crippen molar-refractivity contribution in [3.05, 3.63) is 0 Å². The third-order valence-corrected chi connectivity index (χ3v) is 1.37. The minimum absolute atomic E-state index is 0. The molecule has 0 aromatic carbocycles. The molecule has 0 aromatic heterocycles. The Morgan fingerprint density at radius 2 is 1.40 bits per heavy atom. The molecule has 4 nitrogen and oxygen atoms in total. The zero-order valence-corrected chi connectivity index (χ0v) is 6.26. The van der Waals surface area contributed by atoms with Crippen molar-refractivity contribution in [3.8, 4) is 0 Å². The van der Waals surface area contributed by atoms with Crippen LogP contribution in [0.5, 0.6) is 0 Å². The number of carbonyl (C=O) groups excluding carboxylic acids is 2. The van der Waals surface area contributed by atoms with Gasteiger partial charge in [0.2, 0.25) is 0 Å². The molecular weight excluding hydrogens is 136 g/mol. The van der Waals surface area contributed by atoms with Crippen molar-refractivity contribution in [2.45, 2.75) is 26.4 Å². The molecule has 0 saturated carbocycles. The number of hydrogen-bond donors (Lipinski definition) is 1. The molecule has 0 aliphatic rings. The molecule has 0 atom stereocenters. The third kappa shape index (κ3) is 2.24. The Labute approximate surface area is 59.2 Å². The summed E-state index contributed by atoms with van der Waals surface area (Å²) in [5, 5.41) is 8.97. The van der Waals surface area contributed by atoms with Gasteiger partial charge >= 0.3 is 0 Å². The molecular formula is C6H12O4. The molecule has 0 spiro atoms. The minimum atomic E-state index is -1.78. The van der Waals surface area contributed by atoms with Crippen LogP contribution in [0.1, 0.15) is 20.8 Å². The van der Waals surface area contributed by atoms with E-state index in [1.54, 1.807) is 0 Å². The summed E-state index contributed by atoms with van der Waals surface area (Å²) in [6, 6.07) is 0. The van der Waals surface area contributed by atoms with Crippen molar-refractivity contribution in [1.29, 1.82) is 0 Å². The van der Waals surface area contributed by atoms with Crippen LogP contribution in [0.2, 0.25) is 0 Å². The van der Waals surface area contributed by atoms with Gasteiger partial charge < -0.3 is 10.6 Å². The molecule has 0 bridgehead atoms. The average Bonchev–Trinajstić information content (AvgIpc) is 1.65. The van der Waals surface area contributed by atoms with Crippen LogP contribution in [0.4, 0.5) is 0 Å². The van der Waals surface area contributed by atoms with Gasteiger partial charge in [0.05, 0.1) is 0 Å². The van der Waals surface area contributed by atoms with E-state index in [-0.39, 0.29) is 5.48 Å². The second-order valence-corrected chi connectivity index (χ2v) is 2.18. The SMILES string of the molecule is CC(=O)C(C)(O)C(C)=O.O. The summed E-state index contributed by atoms with van der Waals surface area (Å²) in [6.45, 7) is 3.56. The second-order valence-electron chi connectivity index (χ2n) is 2.18. The van der Waals surface area contributed by atoms with Gasteiger partial charge in [-0.2, -0.15) is 0 Å². The number of aliphatic hydroxyl groups is 1. The lowest BCUT2D eigenvalue weighted by Gasteiger charge is -2.14. The quantitative estimate of drug-likeness (QED) is 0.514. The topological polar surface area (TPSA) is 85.9 Å². The smallest absolute Gasteiger partial charge is 0.177 e. The maximum absolute atomic E-state index is 10.4. The van der Waals surface area contributed by atoms with E-state index in [9.17, 15) is 9.59 Å². The molecule has 0 aromatic rings. The van der Waals surface area contributed by atoms with Crippen molar-refractivity contribution in [3.63, 3.8) is 0 Å². The molecule has 4 heteroatoms. The predicted molar refractivity (Wildman–Crippen MR) is 35.6 cm³/mol. The van der Waals surface area contributed by atoms with Gasteiger partial charge in [-0.3, -0.25) is 9.59 Å². The second kappa shape index (κ2) is 3.43. The van der Waals surface area contributed by atoms with E-state index in [2.05, 4.69) is 0 Å². The first-order valence-electron chi connectivity index (χ1n) is 2.63. The molecule has 10 heavy (non-hydrogen) atoms. The molecule has 0 amide bonds. The Hall–Kier alpha value is -0.740. The first-order chi connectivity index (χ1) is 3.89. The zero-order valence-electron chi connectivity index (χ0n) is 6.26. The summed E-state index contributed by atoms with van der Waals surface area (Å²) < 4.78 is 0. The van der Waals surface area contributed by atoms with Crippen molar-refractivity contribution in [2.24, 2.45) is 0 Å². The van der Waals surface area contributed by atoms with Gasteiger partial charge in [-0.1, -0.05) is 0 Å². The van der Waals surface area contributed by atoms with Crippen molar-refractivity contribution in [1.82, 2.24) is 0 Å². The normalized spacial score (nSPS) is 10.0. The summed E-state index contributed by atoms with van der Waals surface area (Å²) in [7, 11) is 0. The van der Waals surface area contributed by atoms with E-state index < -0.39 is 17.2 Å². The highest BCUT2D eigenvalue weighted by Crippen LogP contribution is 2.04. The highest BCUT2D eigenvalue weighted by atomic mass is 16.3. The number of rotatable bonds is 2. The predicted octanol–water partition coefficient (Wildman–Crippen LogP) is -0.909. The molecule has 0 fully saturated rings. The van der Waals surface area contributed by atoms with Crippen molar-refractivity contribution >= 4 is 11.6 Å². The maximum atomic E-state index is 10.4. The highest BCUT2D eigenvalue weighted by Gasteiger charge is 2.31.